The van der Waals surface area contributed by atoms with Crippen LogP contribution in [0, 0.1) is 0 Å². The van der Waals surface area contributed by atoms with Crippen LogP contribution in [0.3, 0.4) is 0 Å². The molecule has 1 aliphatic rings. The molecule has 0 spiro atoms. The molecule has 1 fully saturated rings. The topological polar surface area (TPSA) is 51.3 Å². The number of carbonyl (C=O) groups excluding carboxylic acids is 1. The Bertz CT molecular complexity index is 602. The molecule has 0 bridgehead atoms. The van der Waals surface area contributed by atoms with Gasteiger partial charge in [-0.1, -0.05) is 12.1 Å². The van der Waals surface area contributed by atoms with Crippen molar-refractivity contribution in [1.82, 2.24) is 9.47 Å². The zero-order chi connectivity index (χ0) is 12.7. The fourth-order valence-electron chi connectivity index (χ4n) is 2.67. The van der Waals surface area contributed by atoms with Gasteiger partial charge in [0, 0.05) is 37.8 Å². The molecule has 1 atom stereocenters. The molecular weight excluding hydrogens is 226 g/mol. The van der Waals surface area contributed by atoms with E-state index in [4.69, 9.17) is 5.73 Å². The van der Waals surface area contributed by atoms with E-state index < -0.39 is 0 Å². The lowest BCUT2D eigenvalue weighted by Crippen LogP contribution is -2.32. The van der Waals surface area contributed by atoms with Crippen LogP contribution in [0.5, 0.6) is 0 Å². The highest BCUT2D eigenvalue weighted by atomic mass is 16.2. The number of amides is 1. The highest BCUT2D eigenvalue weighted by molar-refractivity contribution is 6.06. The third-order valence-electron chi connectivity index (χ3n) is 3.64. The van der Waals surface area contributed by atoms with Crippen molar-refractivity contribution < 1.29 is 4.79 Å². The average Bonchev–Trinajstić information content (AvgIpc) is 2.96. The van der Waals surface area contributed by atoms with Crippen molar-refractivity contribution in [2.75, 3.05) is 13.1 Å². The smallest absolute Gasteiger partial charge is 0.256 e. The van der Waals surface area contributed by atoms with E-state index in [1.165, 1.54) is 0 Å². The van der Waals surface area contributed by atoms with Gasteiger partial charge in [-0.05, 0) is 18.6 Å². The summed E-state index contributed by atoms with van der Waals surface area (Å²) in [5.74, 6) is 0.0929. The van der Waals surface area contributed by atoms with Crippen LogP contribution in [-0.4, -0.2) is 34.5 Å². The number of likely N-dealkylation sites (tertiary alicyclic amines) is 1. The molecule has 4 nitrogen and oxygen atoms in total. The quantitative estimate of drug-likeness (QED) is 0.822. The van der Waals surface area contributed by atoms with Gasteiger partial charge in [-0.15, -0.1) is 0 Å². The Hall–Kier alpha value is -1.81. The number of nitrogens with zero attached hydrogens (tertiary/aromatic N) is 2. The molecule has 18 heavy (non-hydrogen) atoms. The van der Waals surface area contributed by atoms with E-state index >= 15 is 0 Å². The minimum atomic E-state index is 0.0929. The molecule has 2 aromatic rings. The molecular formula is C14H17N3O. The van der Waals surface area contributed by atoms with Crippen LogP contribution in [0.1, 0.15) is 16.8 Å². The van der Waals surface area contributed by atoms with Gasteiger partial charge in [-0.3, -0.25) is 4.79 Å². The number of hydrogen-bond acceptors (Lipinski definition) is 2. The first-order valence-corrected chi connectivity index (χ1v) is 6.26. The SMILES string of the molecule is Cn1ccc2cccc(C(=O)N3CCC(N)C3)c21. The van der Waals surface area contributed by atoms with Gasteiger partial charge in [-0.25, -0.2) is 0 Å². The van der Waals surface area contributed by atoms with E-state index in [1.807, 2.05) is 47.0 Å². The van der Waals surface area contributed by atoms with Gasteiger partial charge < -0.3 is 15.2 Å². The molecule has 4 heteroatoms. The number of aryl methyl sites for hydroxylation is 1. The van der Waals surface area contributed by atoms with Gasteiger partial charge in [-0.2, -0.15) is 0 Å². The molecule has 2 heterocycles. The number of aromatic nitrogens is 1. The summed E-state index contributed by atoms with van der Waals surface area (Å²) in [6, 6.07) is 8.02. The number of para-hydroxylation sites is 1. The molecule has 1 aromatic heterocycles. The highest BCUT2D eigenvalue weighted by Crippen LogP contribution is 2.22. The lowest BCUT2D eigenvalue weighted by atomic mass is 10.1. The molecule has 1 aromatic carbocycles. The number of rotatable bonds is 1. The fraction of sp³-hybridized carbons (Fsp3) is 0.357. The molecule has 94 valence electrons. The van der Waals surface area contributed by atoms with Crippen LogP contribution >= 0.6 is 0 Å². The molecule has 3 rings (SSSR count). The van der Waals surface area contributed by atoms with E-state index in [0.29, 0.717) is 6.54 Å². The molecule has 0 radical (unpaired) electrons. The molecule has 1 unspecified atom stereocenters. The number of hydrogen-bond donors (Lipinski definition) is 1. The second kappa shape index (κ2) is 4.14. The Morgan fingerprint density at radius 3 is 2.94 bits per heavy atom. The molecule has 0 saturated carbocycles. The van der Waals surface area contributed by atoms with Crippen LogP contribution in [0.4, 0.5) is 0 Å². The molecule has 2 N–H and O–H groups in total. The maximum Gasteiger partial charge on any atom is 0.256 e. The maximum atomic E-state index is 12.5. The van der Waals surface area contributed by atoms with Gasteiger partial charge in [0.05, 0.1) is 11.1 Å². The van der Waals surface area contributed by atoms with Gasteiger partial charge in [0.15, 0.2) is 0 Å². The maximum absolute atomic E-state index is 12.5. The normalized spacial score (nSPS) is 19.7. The number of benzene rings is 1. The standard InChI is InChI=1S/C14H17N3O/c1-16-7-5-10-3-2-4-12(13(10)16)14(18)17-8-6-11(15)9-17/h2-5,7,11H,6,8-9,15H2,1H3. The first-order valence-electron chi connectivity index (χ1n) is 6.26. The Morgan fingerprint density at radius 2 is 2.22 bits per heavy atom. The summed E-state index contributed by atoms with van der Waals surface area (Å²) in [4.78, 5) is 14.4. The monoisotopic (exact) mass is 243 g/mol. The van der Waals surface area contributed by atoms with Crippen LogP contribution in [0.2, 0.25) is 0 Å². The van der Waals surface area contributed by atoms with Crippen LogP contribution < -0.4 is 5.73 Å². The first-order chi connectivity index (χ1) is 8.66. The van der Waals surface area contributed by atoms with Gasteiger partial charge in [0.2, 0.25) is 0 Å². The van der Waals surface area contributed by atoms with Crippen molar-refractivity contribution in [3.05, 3.63) is 36.0 Å². The Morgan fingerprint density at radius 1 is 1.39 bits per heavy atom. The van der Waals surface area contributed by atoms with E-state index in [1.54, 1.807) is 0 Å². The summed E-state index contributed by atoms with van der Waals surface area (Å²) < 4.78 is 2.00. The second-order valence-corrected chi connectivity index (χ2v) is 4.97. The van der Waals surface area contributed by atoms with Crippen molar-refractivity contribution in [3.8, 4) is 0 Å². The first kappa shape index (κ1) is 11.3. The zero-order valence-corrected chi connectivity index (χ0v) is 10.5. The highest BCUT2D eigenvalue weighted by Gasteiger charge is 2.25. The van der Waals surface area contributed by atoms with E-state index in [0.717, 1.165) is 29.4 Å². The minimum Gasteiger partial charge on any atom is -0.350 e. The van der Waals surface area contributed by atoms with Crippen molar-refractivity contribution in [3.63, 3.8) is 0 Å². The summed E-state index contributed by atoms with van der Waals surface area (Å²) >= 11 is 0. The largest absolute Gasteiger partial charge is 0.350 e. The van der Waals surface area contributed by atoms with Crippen LogP contribution in [0.15, 0.2) is 30.5 Å². The molecule has 1 saturated heterocycles. The summed E-state index contributed by atoms with van der Waals surface area (Å²) in [7, 11) is 1.97. The summed E-state index contributed by atoms with van der Waals surface area (Å²) in [5, 5.41) is 1.10. The number of nitrogens with two attached hydrogens (primary N) is 1. The van der Waals surface area contributed by atoms with Crippen molar-refractivity contribution in [2.45, 2.75) is 12.5 Å². The lowest BCUT2D eigenvalue weighted by Gasteiger charge is -2.16. The second-order valence-electron chi connectivity index (χ2n) is 4.97. The van der Waals surface area contributed by atoms with Crippen molar-refractivity contribution in [1.29, 1.82) is 0 Å². The number of carbonyl (C=O) groups is 1. The van der Waals surface area contributed by atoms with Gasteiger partial charge >= 0.3 is 0 Å². The van der Waals surface area contributed by atoms with E-state index in [9.17, 15) is 4.79 Å². The van der Waals surface area contributed by atoms with Crippen LogP contribution in [-0.2, 0) is 7.05 Å². The molecule has 1 amide bonds. The predicted molar refractivity (Wildman–Crippen MR) is 71.4 cm³/mol. The number of fused-ring (bicyclic) bond motifs is 1. The third-order valence-corrected chi connectivity index (χ3v) is 3.64. The Kier molecular flexibility index (Phi) is 2.59. The Labute approximate surface area is 106 Å². The average molecular weight is 243 g/mol. The molecule has 0 aliphatic carbocycles. The minimum absolute atomic E-state index is 0.0929. The zero-order valence-electron chi connectivity index (χ0n) is 10.5. The van der Waals surface area contributed by atoms with Gasteiger partial charge in [0.25, 0.3) is 5.91 Å². The molecule has 1 aliphatic heterocycles. The lowest BCUT2D eigenvalue weighted by molar-refractivity contribution is 0.0792. The fourth-order valence-corrected chi connectivity index (χ4v) is 2.67. The third kappa shape index (κ3) is 1.69. The predicted octanol–water partition coefficient (Wildman–Crippen LogP) is 1.35. The van der Waals surface area contributed by atoms with Crippen LogP contribution in [0.25, 0.3) is 10.9 Å². The Balaban J connectivity index is 2.03. The summed E-state index contributed by atoms with van der Waals surface area (Å²) in [5.41, 5.74) is 7.64. The van der Waals surface area contributed by atoms with E-state index in [2.05, 4.69) is 0 Å². The van der Waals surface area contributed by atoms with Gasteiger partial charge in [0.1, 0.15) is 0 Å². The van der Waals surface area contributed by atoms with Crippen molar-refractivity contribution >= 4 is 16.8 Å². The van der Waals surface area contributed by atoms with Crippen molar-refractivity contribution in [2.24, 2.45) is 12.8 Å². The summed E-state index contributed by atoms with van der Waals surface area (Å²) in [6.07, 6.45) is 2.88. The van der Waals surface area contributed by atoms with E-state index in [-0.39, 0.29) is 11.9 Å². The summed E-state index contributed by atoms with van der Waals surface area (Å²) in [6.45, 7) is 1.43.